The van der Waals surface area contributed by atoms with E-state index < -0.39 is 19.7 Å². The maximum Gasteiger partial charge on any atom is 0.171 e. The summed E-state index contributed by atoms with van der Waals surface area (Å²) < 4.78 is 31.9. The Morgan fingerprint density at radius 2 is 0.907 bits per heavy atom. The minimum atomic E-state index is -3.29. The van der Waals surface area contributed by atoms with Crippen LogP contribution in [-0.2, 0) is 14.5 Å². The lowest BCUT2D eigenvalue weighted by Gasteiger charge is -2.33. The van der Waals surface area contributed by atoms with E-state index in [0.29, 0.717) is 0 Å². The predicted molar refractivity (Wildman–Crippen MR) is 227 cm³/mol. The molecule has 2 nitrogen and oxygen atoms in total. The molecule has 4 heteroatoms. The maximum absolute atomic E-state index is 16.0. The highest BCUT2D eigenvalue weighted by Gasteiger charge is 2.53. The SMILES string of the molecule is CC1=CCC(P(=O)(c2ccccc2)c2ccc3c(c2)C2(c4ccccc4-c4ccccc42)c2cc(P(=O)(c4ccccc4)c4ccccc4)ccc2-3)C=C1. The Bertz CT molecular complexity index is 2670. The van der Waals surface area contributed by atoms with Gasteiger partial charge in [0.1, 0.15) is 7.14 Å². The van der Waals surface area contributed by atoms with Crippen molar-refractivity contribution >= 4 is 40.8 Å². The van der Waals surface area contributed by atoms with E-state index in [9.17, 15) is 0 Å². The van der Waals surface area contributed by atoms with Gasteiger partial charge >= 0.3 is 0 Å². The molecule has 3 aliphatic rings. The van der Waals surface area contributed by atoms with Crippen LogP contribution >= 0.6 is 14.3 Å². The Kier molecular flexibility index (Phi) is 7.68. The second-order valence-corrected chi connectivity index (χ2v) is 20.5. The molecule has 0 bridgehead atoms. The lowest BCUT2D eigenvalue weighted by Crippen LogP contribution is -2.31. The Morgan fingerprint density at radius 1 is 0.463 bits per heavy atom. The highest BCUT2D eigenvalue weighted by atomic mass is 31.2. The van der Waals surface area contributed by atoms with Gasteiger partial charge in [0, 0.05) is 32.2 Å². The van der Waals surface area contributed by atoms with Crippen LogP contribution in [0.25, 0.3) is 22.3 Å². The molecule has 1 spiro atoms. The van der Waals surface area contributed by atoms with Gasteiger partial charge in [-0.15, -0.1) is 0 Å². The summed E-state index contributed by atoms with van der Waals surface area (Å²) >= 11 is 0. The highest BCUT2D eigenvalue weighted by Crippen LogP contribution is 2.64. The number of hydrogen-bond acceptors (Lipinski definition) is 2. The topological polar surface area (TPSA) is 34.1 Å². The Balaban J connectivity index is 1.28. The molecule has 10 rings (SSSR count). The molecule has 7 aromatic carbocycles. The van der Waals surface area contributed by atoms with Crippen molar-refractivity contribution in [3.8, 4) is 22.3 Å². The van der Waals surface area contributed by atoms with Gasteiger partial charge in [-0.05, 0) is 70.0 Å². The first-order chi connectivity index (χ1) is 26.4. The summed E-state index contributed by atoms with van der Waals surface area (Å²) in [6.45, 7) is 2.11. The molecule has 0 N–H and O–H groups in total. The average Bonchev–Trinajstić information content (AvgIpc) is 3.71. The van der Waals surface area contributed by atoms with Crippen LogP contribution in [0.3, 0.4) is 0 Å². The third-order valence-corrected chi connectivity index (χ3v) is 18.4. The van der Waals surface area contributed by atoms with Crippen molar-refractivity contribution in [2.75, 3.05) is 0 Å². The number of benzene rings is 7. The highest BCUT2D eigenvalue weighted by molar-refractivity contribution is 7.85. The van der Waals surface area contributed by atoms with Gasteiger partial charge in [0.05, 0.1) is 5.41 Å². The molecule has 2 unspecified atom stereocenters. The fourth-order valence-corrected chi connectivity index (χ4v) is 15.1. The van der Waals surface area contributed by atoms with E-state index in [2.05, 4.69) is 110 Å². The van der Waals surface area contributed by atoms with Crippen LogP contribution in [-0.4, -0.2) is 5.66 Å². The Labute approximate surface area is 317 Å². The van der Waals surface area contributed by atoms with Crippen molar-refractivity contribution in [3.63, 3.8) is 0 Å². The minimum absolute atomic E-state index is 0.154. The number of rotatable bonds is 6. The summed E-state index contributed by atoms with van der Waals surface area (Å²) in [7, 11) is -6.46. The van der Waals surface area contributed by atoms with Crippen LogP contribution < -0.4 is 26.5 Å². The second-order valence-electron chi connectivity index (χ2n) is 14.7. The summed E-state index contributed by atoms with van der Waals surface area (Å²) in [4.78, 5) is 0. The van der Waals surface area contributed by atoms with Crippen molar-refractivity contribution in [1.29, 1.82) is 0 Å². The van der Waals surface area contributed by atoms with Gasteiger partial charge in [-0.3, -0.25) is 0 Å². The monoisotopic (exact) mass is 732 g/mol. The molecule has 260 valence electrons. The van der Waals surface area contributed by atoms with Gasteiger partial charge in [-0.2, -0.15) is 0 Å². The molecule has 3 aliphatic carbocycles. The zero-order valence-corrected chi connectivity index (χ0v) is 31.8. The molecular formula is C50H38O2P2. The largest absolute Gasteiger partial charge is 0.313 e. The van der Waals surface area contributed by atoms with Gasteiger partial charge in [0.15, 0.2) is 7.14 Å². The molecule has 0 fully saturated rings. The predicted octanol–water partition coefficient (Wildman–Crippen LogP) is 10.3. The van der Waals surface area contributed by atoms with Crippen molar-refractivity contribution in [2.24, 2.45) is 0 Å². The first kappa shape index (κ1) is 33.1. The summed E-state index contributed by atoms with van der Waals surface area (Å²) in [5.74, 6) is 0. The molecular weight excluding hydrogens is 694 g/mol. The van der Waals surface area contributed by atoms with Crippen molar-refractivity contribution in [2.45, 2.75) is 24.4 Å². The third kappa shape index (κ3) is 4.61. The molecule has 0 saturated heterocycles. The smallest absolute Gasteiger partial charge is 0.171 e. The normalized spacial score (nSPS) is 17.2. The standard InChI is InChI=1S/C50H38O2P2/c1-35-25-27-39(28-26-35)54(52,38-19-9-4-10-20-38)41-30-32-45-44-31-29-40(53(51,36-15-5-2-6-16-36)37-17-7-3-8-18-37)33-48(44)50(49(45)34-41)46-23-13-11-21-42(46)43-22-12-14-24-47(43)50/h2-27,29-34,39H,28H2,1H3. The van der Waals surface area contributed by atoms with Crippen molar-refractivity contribution in [3.05, 3.63) is 222 Å². The molecule has 0 saturated carbocycles. The first-order valence-electron chi connectivity index (χ1n) is 18.7. The molecule has 0 heterocycles. The molecule has 2 atom stereocenters. The van der Waals surface area contributed by atoms with E-state index in [0.717, 1.165) is 55.2 Å². The first-order valence-corrected chi connectivity index (χ1v) is 22.1. The van der Waals surface area contributed by atoms with Crippen LogP contribution in [0.15, 0.2) is 200 Å². The number of fused-ring (bicyclic) bond motifs is 10. The van der Waals surface area contributed by atoms with Gasteiger partial charge in [0.2, 0.25) is 0 Å². The lowest BCUT2D eigenvalue weighted by atomic mass is 9.70. The van der Waals surface area contributed by atoms with E-state index in [1.54, 1.807) is 0 Å². The fraction of sp³-hybridized carbons (Fsp3) is 0.0800. The van der Waals surface area contributed by atoms with E-state index in [-0.39, 0.29) is 5.66 Å². The Hall–Kier alpha value is -5.52. The van der Waals surface area contributed by atoms with Gasteiger partial charge in [0.25, 0.3) is 0 Å². The zero-order valence-electron chi connectivity index (χ0n) is 30.0. The maximum atomic E-state index is 16.0. The van der Waals surface area contributed by atoms with Gasteiger partial charge in [-0.1, -0.05) is 188 Å². The molecule has 0 radical (unpaired) electrons. The van der Waals surface area contributed by atoms with E-state index in [1.807, 2.05) is 91.0 Å². The molecule has 54 heavy (non-hydrogen) atoms. The van der Waals surface area contributed by atoms with Crippen LogP contribution in [0.1, 0.15) is 35.6 Å². The fourth-order valence-electron chi connectivity index (χ4n) is 9.41. The molecule has 0 amide bonds. The van der Waals surface area contributed by atoms with E-state index >= 15 is 9.13 Å². The molecule has 7 aromatic rings. The van der Waals surface area contributed by atoms with E-state index in [4.69, 9.17) is 0 Å². The quantitative estimate of drug-likeness (QED) is 0.160. The summed E-state index contributed by atoms with van der Waals surface area (Å²) in [6, 6.07) is 60.5. The van der Waals surface area contributed by atoms with Crippen LogP contribution in [0.5, 0.6) is 0 Å². The minimum Gasteiger partial charge on any atom is -0.313 e. The van der Waals surface area contributed by atoms with Crippen LogP contribution in [0, 0.1) is 0 Å². The molecule has 0 aromatic heterocycles. The van der Waals surface area contributed by atoms with Crippen LogP contribution in [0.4, 0.5) is 0 Å². The van der Waals surface area contributed by atoms with Gasteiger partial charge in [-0.25, -0.2) is 0 Å². The second kappa shape index (κ2) is 12.5. The third-order valence-electron chi connectivity index (χ3n) is 11.9. The molecule has 0 aliphatic heterocycles. The van der Waals surface area contributed by atoms with Crippen LogP contribution in [0.2, 0.25) is 0 Å². The number of allylic oxidation sites excluding steroid dienone is 4. The Morgan fingerprint density at radius 3 is 1.43 bits per heavy atom. The van der Waals surface area contributed by atoms with Gasteiger partial charge < -0.3 is 9.13 Å². The van der Waals surface area contributed by atoms with Crippen molar-refractivity contribution in [1.82, 2.24) is 0 Å². The number of hydrogen-bond donors (Lipinski definition) is 0. The van der Waals surface area contributed by atoms with Crippen molar-refractivity contribution < 1.29 is 9.13 Å². The zero-order chi connectivity index (χ0) is 36.5. The summed E-state index contributed by atoms with van der Waals surface area (Å²) in [6.07, 6.45) is 7.23. The average molecular weight is 733 g/mol. The lowest BCUT2D eigenvalue weighted by molar-refractivity contribution is 0.582. The summed E-state index contributed by atoms with van der Waals surface area (Å²) in [5.41, 5.74) is 9.59. The van der Waals surface area contributed by atoms with E-state index in [1.165, 1.54) is 27.8 Å². The summed E-state index contributed by atoms with van der Waals surface area (Å²) in [5, 5.41) is 4.16.